The zero-order chi connectivity index (χ0) is 20.9. The van der Waals surface area contributed by atoms with Crippen LogP contribution >= 0.6 is 11.3 Å². The molecule has 0 saturated carbocycles. The molecule has 1 aliphatic rings. The molecule has 0 radical (unpaired) electrons. The molecule has 3 aromatic rings. The standard InChI is InChI=1S/C23H25N3O3S/c1-25(14-17-16-30-21-10-3-2-9-20(17)21)23(28)24-18-7-6-8-19(13-18)29-15-22(27)26-11-4-5-12-26/h2-3,6-10,13,16H,4-5,11-12,14-15H2,1H3,(H,24,28). The number of likely N-dealkylation sites (tertiary alicyclic amines) is 1. The van der Waals surface area contributed by atoms with Crippen molar-refractivity contribution >= 4 is 39.0 Å². The van der Waals surface area contributed by atoms with Gasteiger partial charge in [0.15, 0.2) is 6.61 Å². The Labute approximate surface area is 180 Å². The minimum absolute atomic E-state index is 0.00432. The molecule has 2 heterocycles. The van der Waals surface area contributed by atoms with Crippen LogP contribution in [0.15, 0.2) is 53.9 Å². The molecule has 4 rings (SSSR count). The minimum Gasteiger partial charge on any atom is -0.484 e. The van der Waals surface area contributed by atoms with E-state index < -0.39 is 0 Å². The summed E-state index contributed by atoms with van der Waals surface area (Å²) in [5.41, 5.74) is 1.76. The van der Waals surface area contributed by atoms with Gasteiger partial charge < -0.3 is 19.9 Å². The van der Waals surface area contributed by atoms with Crippen molar-refractivity contribution in [2.45, 2.75) is 19.4 Å². The van der Waals surface area contributed by atoms with Gasteiger partial charge in [0, 0.05) is 43.1 Å². The molecule has 2 aromatic carbocycles. The van der Waals surface area contributed by atoms with Crippen LogP contribution in [0.25, 0.3) is 10.1 Å². The average Bonchev–Trinajstić information content (AvgIpc) is 3.43. The first kappa shape index (κ1) is 20.2. The van der Waals surface area contributed by atoms with Crippen molar-refractivity contribution in [3.05, 3.63) is 59.5 Å². The Morgan fingerprint density at radius 3 is 2.77 bits per heavy atom. The van der Waals surface area contributed by atoms with Gasteiger partial charge in [-0.25, -0.2) is 4.79 Å². The fraction of sp³-hybridized carbons (Fsp3) is 0.304. The van der Waals surface area contributed by atoms with Crippen molar-refractivity contribution < 1.29 is 14.3 Å². The second kappa shape index (κ2) is 9.17. The van der Waals surface area contributed by atoms with Crippen LogP contribution in [0.2, 0.25) is 0 Å². The van der Waals surface area contributed by atoms with E-state index in [-0.39, 0.29) is 18.5 Å². The van der Waals surface area contributed by atoms with E-state index in [9.17, 15) is 9.59 Å². The van der Waals surface area contributed by atoms with Crippen molar-refractivity contribution in [2.24, 2.45) is 0 Å². The van der Waals surface area contributed by atoms with Gasteiger partial charge in [0.25, 0.3) is 5.91 Å². The van der Waals surface area contributed by atoms with Crippen molar-refractivity contribution in [2.75, 3.05) is 32.1 Å². The first-order valence-electron chi connectivity index (χ1n) is 10.1. The minimum atomic E-state index is -0.199. The molecular formula is C23H25N3O3S. The Bertz CT molecular complexity index is 1040. The van der Waals surface area contributed by atoms with Crippen LogP contribution in [0.4, 0.5) is 10.5 Å². The number of carbonyl (C=O) groups excluding carboxylic acids is 2. The number of benzene rings is 2. The summed E-state index contributed by atoms with van der Waals surface area (Å²) in [4.78, 5) is 28.3. The highest BCUT2D eigenvalue weighted by molar-refractivity contribution is 7.17. The van der Waals surface area contributed by atoms with Crippen LogP contribution in [0.5, 0.6) is 5.75 Å². The molecular weight excluding hydrogens is 398 g/mol. The van der Waals surface area contributed by atoms with E-state index in [4.69, 9.17) is 4.74 Å². The first-order chi connectivity index (χ1) is 14.6. The summed E-state index contributed by atoms with van der Waals surface area (Å²) in [6, 6.07) is 15.1. The molecule has 0 aliphatic carbocycles. The molecule has 1 fully saturated rings. The van der Waals surface area contributed by atoms with E-state index in [1.165, 1.54) is 10.1 Å². The van der Waals surface area contributed by atoms with E-state index in [2.05, 4.69) is 22.8 Å². The predicted octanol–water partition coefficient (Wildman–Crippen LogP) is 4.57. The SMILES string of the molecule is CN(Cc1csc2ccccc12)C(=O)Nc1cccc(OCC(=O)N2CCCC2)c1. The van der Waals surface area contributed by atoms with Crippen LogP contribution in [0.3, 0.4) is 0 Å². The highest BCUT2D eigenvalue weighted by Crippen LogP contribution is 2.26. The maximum atomic E-state index is 12.6. The largest absolute Gasteiger partial charge is 0.484 e. The van der Waals surface area contributed by atoms with Crippen LogP contribution in [-0.2, 0) is 11.3 Å². The van der Waals surface area contributed by atoms with Gasteiger partial charge in [-0.05, 0) is 47.4 Å². The lowest BCUT2D eigenvalue weighted by Crippen LogP contribution is -2.32. The van der Waals surface area contributed by atoms with E-state index in [0.29, 0.717) is 18.0 Å². The molecule has 7 heteroatoms. The number of amides is 3. The third-order valence-corrected chi connectivity index (χ3v) is 6.23. The zero-order valence-corrected chi connectivity index (χ0v) is 17.8. The van der Waals surface area contributed by atoms with Gasteiger partial charge in [-0.1, -0.05) is 24.3 Å². The number of urea groups is 1. The van der Waals surface area contributed by atoms with Crippen molar-refractivity contribution in [1.82, 2.24) is 9.80 Å². The third kappa shape index (κ3) is 4.74. The van der Waals surface area contributed by atoms with E-state index in [0.717, 1.165) is 31.5 Å². The van der Waals surface area contributed by atoms with Gasteiger partial charge in [-0.2, -0.15) is 0 Å². The molecule has 1 aromatic heterocycles. The molecule has 1 N–H and O–H groups in total. The smallest absolute Gasteiger partial charge is 0.321 e. The molecule has 0 unspecified atom stereocenters. The Morgan fingerprint density at radius 2 is 1.93 bits per heavy atom. The van der Waals surface area contributed by atoms with Crippen molar-refractivity contribution in [1.29, 1.82) is 0 Å². The monoisotopic (exact) mass is 423 g/mol. The Hall–Kier alpha value is -3.06. The number of rotatable bonds is 6. The predicted molar refractivity (Wildman–Crippen MR) is 120 cm³/mol. The number of hydrogen-bond acceptors (Lipinski definition) is 4. The summed E-state index contributed by atoms with van der Waals surface area (Å²) in [7, 11) is 1.77. The van der Waals surface area contributed by atoms with E-state index in [1.807, 2.05) is 17.0 Å². The van der Waals surface area contributed by atoms with Gasteiger partial charge in [-0.3, -0.25) is 4.79 Å². The normalized spacial score (nSPS) is 13.4. The number of nitrogens with one attached hydrogen (secondary N) is 1. The number of carbonyl (C=O) groups is 2. The molecule has 0 atom stereocenters. The number of ether oxygens (including phenoxy) is 1. The van der Waals surface area contributed by atoms with Crippen LogP contribution in [0, 0.1) is 0 Å². The number of anilines is 1. The Balaban J connectivity index is 1.33. The summed E-state index contributed by atoms with van der Waals surface area (Å²) >= 11 is 1.68. The summed E-state index contributed by atoms with van der Waals surface area (Å²) in [5.74, 6) is 0.566. The lowest BCUT2D eigenvalue weighted by atomic mass is 10.2. The molecule has 156 valence electrons. The molecule has 0 bridgehead atoms. The molecule has 1 aliphatic heterocycles. The van der Waals surface area contributed by atoms with Crippen LogP contribution < -0.4 is 10.1 Å². The number of fused-ring (bicyclic) bond motifs is 1. The Morgan fingerprint density at radius 1 is 1.13 bits per heavy atom. The fourth-order valence-corrected chi connectivity index (χ4v) is 4.52. The van der Waals surface area contributed by atoms with E-state index >= 15 is 0 Å². The Kier molecular flexibility index (Phi) is 6.18. The number of hydrogen-bond donors (Lipinski definition) is 1. The zero-order valence-electron chi connectivity index (χ0n) is 17.0. The topological polar surface area (TPSA) is 61.9 Å². The van der Waals surface area contributed by atoms with Gasteiger partial charge in [0.05, 0.1) is 0 Å². The summed E-state index contributed by atoms with van der Waals surface area (Å²) in [5, 5.41) is 6.18. The van der Waals surface area contributed by atoms with Gasteiger partial charge in [-0.15, -0.1) is 11.3 Å². The molecule has 0 spiro atoms. The molecule has 3 amide bonds. The molecule has 30 heavy (non-hydrogen) atoms. The van der Waals surface area contributed by atoms with Gasteiger partial charge in [0.2, 0.25) is 0 Å². The van der Waals surface area contributed by atoms with Gasteiger partial charge >= 0.3 is 6.03 Å². The number of nitrogens with zero attached hydrogens (tertiary/aromatic N) is 2. The summed E-state index contributed by atoms with van der Waals surface area (Å²) < 4.78 is 6.86. The highest BCUT2D eigenvalue weighted by atomic mass is 32.1. The lowest BCUT2D eigenvalue weighted by molar-refractivity contribution is -0.132. The lowest BCUT2D eigenvalue weighted by Gasteiger charge is -2.18. The summed E-state index contributed by atoms with van der Waals surface area (Å²) in [6.45, 7) is 2.16. The molecule has 6 nitrogen and oxygen atoms in total. The summed E-state index contributed by atoms with van der Waals surface area (Å²) in [6.07, 6.45) is 2.11. The second-order valence-corrected chi connectivity index (χ2v) is 8.36. The van der Waals surface area contributed by atoms with Crippen molar-refractivity contribution in [3.63, 3.8) is 0 Å². The first-order valence-corrected chi connectivity index (χ1v) is 11.0. The quantitative estimate of drug-likeness (QED) is 0.632. The average molecular weight is 424 g/mol. The van der Waals surface area contributed by atoms with E-state index in [1.54, 1.807) is 47.5 Å². The van der Waals surface area contributed by atoms with Crippen LogP contribution in [-0.4, -0.2) is 48.5 Å². The number of thiophene rings is 1. The maximum absolute atomic E-state index is 12.6. The fourth-order valence-electron chi connectivity index (χ4n) is 3.57. The van der Waals surface area contributed by atoms with Gasteiger partial charge in [0.1, 0.15) is 5.75 Å². The third-order valence-electron chi connectivity index (χ3n) is 5.22. The second-order valence-electron chi connectivity index (χ2n) is 7.45. The maximum Gasteiger partial charge on any atom is 0.321 e. The van der Waals surface area contributed by atoms with Crippen LogP contribution in [0.1, 0.15) is 18.4 Å². The highest BCUT2D eigenvalue weighted by Gasteiger charge is 2.18. The van der Waals surface area contributed by atoms with Crippen molar-refractivity contribution in [3.8, 4) is 5.75 Å². The molecule has 1 saturated heterocycles.